The molecular formula is C25H23ClN2O6S. The number of amides is 1. The molecule has 1 aromatic heterocycles. The average Bonchev–Trinajstić information content (AvgIpc) is 3.30. The quantitative estimate of drug-likeness (QED) is 0.244. The maximum atomic E-state index is 12.0. The van der Waals surface area contributed by atoms with Crippen LogP contribution in [0.25, 0.3) is 5.57 Å². The van der Waals surface area contributed by atoms with Gasteiger partial charge in [-0.15, -0.1) is 11.3 Å². The maximum Gasteiger partial charge on any atom is 0.413 e. The van der Waals surface area contributed by atoms with E-state index >= 15 is 0 Å². The van der Waals surface area contributed by atoms with Crippen LogP contribution >= 0.6 is 22.9 Å². The monoisotopic (exact) mass is 514 g/mol. The Balaban J connectivity index is 1.51. The van der Waals surface area contributed by atoms with Crippen LogP contribution in [0.15, 0.2) is 71.1 Å². The Morgan fingerprint density at radius 1 is 0.914 bits per heavy atom. The molecule has 0 radical (unpaired) electrons. The van der Waals surface area contributed by atoms with Crippen LogP contribution in [0.5, 0.6) is 0 Å². The average molecular weight is 515 g/mol. The molecule has 0 aliphatic carbocycles. The third-order valence-corrected chi connectivity index (χ3v) is 5.82. The molecule has 0 atom stereocenters. The van der Waals surface area contributed by atoms with Crippen molar-refractivity contribution < 1.29 is 29.0 Å². The van der Waals surface area contributed by atoms with Crippen LogP contribution in [0.4, 0.5) is 9.93 Å². The number of rotatable bonds is 11. The zero-order chi connectivity index (χ0) is 25.0. The number of carboxylic acids is 1. The van der Waals surface area contributed by atoms with Gasteiger partial charge in [-0.05, 0) is 24.0 Å². The molecule has 8 nitrogen and oxygen atoms in total. The molecule has 0 saturated heterocycles. The summed E-state index contributed by atoms with van der Waals surface area (Å²) in [7, 11) is 0. The number of ether oxygens (including phenoxy) is 2. The first-order valence-electron chi connectivity index (χ1n) is 10.7. The molecule has 35 heavy (non-hydrogen) atoms. The Morgan fingerprint density at radius 3 is 2.11 bits per heavy atom. The van der Waals surface area contributed by atoms with Crippen LogP contribution in [0.1, 0.15) is 36.1 Å². The second-order valence-corrected chi connectivity index (χ2v) is 8.62. The lowest BCUT2D eigenvalue weighted by Gasteiger charge is -2.06. The number of hydrogen-bond acceptors (Lipinski definition) is 7. The Labute approximate surface area is 211 Å². The van der Waals surface area contributed by atoms with Crippen LogP contribution in [-0.4, -0.2) is 28.1 Å². The standard InChI is InChI=1S/C25H23ClN2O6S/c26-19(12-7-13-21(29)33-14-17-8-3-1-4-9-17)22(23(30)31)20-16-35-24(27-20)28-25(32)34-15-18-10-5-2-6-11-18/h1-6,8-11,16H,7,12-15H2,(H,30,31)(H,27,28,32)/b22-19-. The Bertz CT molecular complexity index is 1180. The summed E-state index contributed by atoms with van der Waals surface area (Å²) in [5.74, 6) is -1.66. The normalized spacial score (nSPS) is 11.3. The number of aromatic nitrogens is 1. The van der Waals surface area contributed by atoms with Gasteiger partial charge in [0.1, 0.15) is 18.8 Å². The fraction of sp³-hybridized carbons (Fsp3) is 0.200. The Morgan fingerprint density at radius 2 is 1.51 bits per heavy atom. The number of halogens is 1. The van der Waals surface area contributed by atoms with Crippen molar-refractivity contribution in [1.82, 2.24) is 4.98 Å². The lowest BCUT2D eigenvalue weighted by atomic mass is 10.1. The van der Waals surface area contributed by atoms with Crippen LogP contribution in [0.3, 0.4) is 0 Å². The number of carboxylic acid groups (broad SMARTS) is 1. The second kappa shape index (κ2) is 13.3. The molecule has 0 spiro atoms. The molecule has 3 aromatic rings. The fourth-order valence-corrected chi connectivity index (χ4v) is 3.98. The Hall–Kier alpha value is -3.69. The summed E-state index contributed by atoms with van der Waals surface area (Å²) >= 11 is 7.31. The van der Waals surface area contributed by atoms with Gasteiger partial charge in [0.25, 0.3) is 0 Å². The van der Waals surface area contributed by atoms with Crippen LogP contribution in [0.2, 0.25) is 0 Å². The molecule has 1 amide bonds. The number of thiazole rings is 1. The number of anilines is 1. The smallest absolute Gasteiger partial charge is 0.413 e. The molecule has 0 saturated carbocycles. The van der Waals surface area contributed by atoms with Gasteiger partial charge in [-0.1, -0.05) is 72.3 Å². The van der Waals surface area contributed by atoms with Crippen LogP contribution in [0, 0.1) is 0 Å². The van der Waals surface area contributed by atoms with Gasteiger partial charge < -0.3 is 14.6 Å². The summed E-state index contributed by atoms with van der Waals surface area (Å²) in [5.41, 5.74) is 1.63. The number of hydrogen-bond donors (Lipinski definition) is 2. The number of nitrogens with zero attached hydrogens (tertiary/aromatic N) is 1. The minimum absolute atomic E-state index is 0.0527. The first kappa shape index (κ1) is 25.9. The molecule has 0 aliphatic heterocycles. The maximum absolute atomic E-state index is 12.0. The first-order chi connectivity index (χ1) is 16.9. The molecule has 1 heterocycles. The largest absolute Gasteiger partial charge is 0.478 e. The minimum atomic E-state index is -1.26. The first-order valence-corrected chi connectivity index (χ1v) is 11.9. The van der Waals surface area contributed by atoms with Gasteiger partial charge in [0.15, 0.2) is 5.13 Å². The molecule has 3 rings (SSSR count). The molecule has 182 valence electrons. The van der Waals surface area contributed by atoms with Gasteiger partial charge in [-0.2, -0.15) is 0 Å². The lowest BCUT2D eigenvalue weighted by Crippen LogP contribution is -2.13. The number of allylic oxidation sites excluding steroid dienone is 1. The minimum Gasteiger partial charge on any atom is -0.478 e. The van der Waals surface area contributed by atoms with E-state index in [4.69, 9.17) is 21.1 Å². The summed E-state index contributed by atoms with van der Waals surface area (Å²) in [6.07, 6.45) is -0.156. The van der Waals surface area contributed by atoms with Crippen molar-refractivity contribution in [2.75, 3.05) is 5.32 Å². The SMILES string of the molecule is O=C(CCC/C(Cl)=C(/C(=O)O)c1csc(NC(=O)OCc2ccccc2)n1)OCc1ccccc1. The highest BCUT2D eigenvalue weighted by atomic mass is 35.5. The van der Waals surface area contributed by atoms with E-state index in [0.29, 0.717) is 6.42 Å². The van der Waals surface area contributed by atoms with Gasteiger partial charge >= 0.3 is 18.0 Å². The van der Waals surface area contributed by atoms with Gasteiger partial charge in [0.2, 0.25) is 0 Å². The van der Waals surface area contributed by atoms with E-state index in [1.165, 1.54) is 5.38 Å². The number of aliphatic carboxylic acids is 1. The van der Waals surface area contributed by atoms with E-state index in [2.05, 4.69) is 10.3 Å². The third kappa shape index (κ3) is 8.55. The zero-order valence-corrected chi connectivity index (χ0v) is 20.2. The third-order valence-electron chi connectivity index (χ3n) is 4.69. The summed E-state index contributed by atoms with van der Waals surface area (Å²) in [6.45, 7) is 0.261. The van der Waals surface area contributed by atoms with E-state index in [1.54, 1.807) is 0 Å². The highest BCUT2D eigenvalue weighted by molar-refractivity contribution is 7.14. The topological polar surface area (TPSA) is 115 Å². The Kier molecular flexibility index (Phi) is 9.82. The number of esters is 1. The number of benzene rings is 2. The summed E-state index contributed by atoms with van der Waals surface area (Å²) in [5, 5.41) is 13.8. The molecular weight excluding hydrogens is 492 g/mol. The molecule has 0 aliphatic rings. The van der Waals surface area contributed by atoms with Crippen molar-refractivity contribution in [2.45, 2.75) is 32.5 Å². The number of nitrogens with one attached hydrogen (secondary N) is 1. The summed E-state index contributed by atoms with van der Waals surface area (Å²) in [4.78, 5) is 39.9. The molecule has 0 bridgehead atoms. The van der Waals surface area contributed by atoms with Crippen LogP contribution in [-0.2, 0) is 32.3 Å². The summed E-state index contributed by atoms with van der Waals surface area (Å²) in [6, 6.07) is 18.5. The highest BCUT2D eigenvalue weighted by Crippen LogP contribution is 2.29. The van der Waals surface area contributed by atoms with Crippen molar-refractivity contribution in [1.29, 1.82) is 0 Å². The predicted octanol–water partition coefficient (Wildman–Crippen LogP) is 5.84. The molecule has 0 fully saturated rings. The van der Waals surface area contributed by atoms with E-state index in [1.807, 2.05) is 60.7 Å². The highest BCUT2D eigenvalue weighted by Gasteiger charge is 2.20. The van der Waals surface area contributed by atoms with E-state index in [9.17, 15) is 19.5 Å². The molecule has 10 heteroatoms. The fourth-order valence-electron chi connectivity index (χ4n) is 2.98. The van der Waals surface area contributed by atoms with E-state index in [-0.39, 0.29) is 47.5 Å². The van der Waals surface area contributed by atoms with Crippen molar-refractivity contribution in [3.05, 3.63) is 87.9 Å². The molecule has 2 N–H and O–H groups in total. The zero-order valence-electron chi connectivity index (χ0n) is 18.6. The van der Waals surface area contributed by atoms with Gasteiger partial charge in [0.05, 0.1) is 5.69 Å². The van der Waals surface area contributed by atoms with Crippen molar-refractivity contribution >= 4 is 51.7 Å². The van der Waals surface area contributed by atoms with E-state index < -0.39 is 18.0 Å². The van der Waals surface area contributed by atoms with Crippen molar-refractivity contribution in [3.63, 3.8) is 0 Å². The van der Waals surface area contributed by atoms with Crippen molar-refractivity contribution in [2.24, 2.45) is 0 Å². The number of carbonyl (C=O) groups excluding carboxylic acids is 2. The van der Waals surface area contributed by atoms with Gasteiger partial charge in [-0.25, -0.2) is 14.6 Å². The van der Waals surface area contributed by atoms with E-state index in [0.717, 1.165) is 22.5 Å². The molecule has 0 unspecified atom stereocenters. The van der Waals surface area contributed by atoms with Gasteiger partial charge in [-0.3, -0.25) is 10.1 Å². The molecule has 2 aromatic carbocycles. The second-order valence-electron chi connectivity index (χ2n) is 7.31. The van der Waals surface area contributed by atoms with Crippen molar-refractivity contribution in [3.8, 4) is 0 Å². The van der Waals surface area contributed by atoms with Crippen LogP contribution < -0.4 is 5.32 Å². The summed E-state index contributed by atoms with van der Waals surface area (Å²) < 4.78 is 10.4. The lowest BCUT2D eigenvalue weighted by molar-refractivity contribution is -0.145. The number of carbonyl (C=O) groups is 3. The van der Waals surface area contributed by atoms with Gasteiger partial charge in [0, 0.05) is 16.8 Å². The predicted molar refractivity (Wildman–Crippen MR) is 133 cm³/mol.